The zero-order valence-corrected chi connectivity index (χ0v) is 26.9. The topological polar surface area (TPSA) is 3.24 Å². The molecule has 9 aromatic carbocycles. The molecule has 1 aromatic heterocycles. The normalized spacial score (nSPS) is 15.8. The maximum Gasteiger partial charge on any atom is 0.0652 e. The van der Waals surface area contributed by atoms with Crippen LogP contribution in [-0.2, 0) is 0 Å². The van der Waals surface area contributed by atoms with E-state index in [9.17, 15) is 6.85 Å². The summed E-state index contributed by atoms with van der Waals surface area (Å²) in [6, 6.07) is 21.9. The predicted octanol–water partition coefficient (Wildman–Crippen LogP) is 14.3. The van der Waals surface area contributed by atoms with Crippen LogP contribution in [0.1, 0.15) is 20.6 Å². The molecule has 234 valence electrons. The Labute approximate surface area is 316 Å². The molecule has 0 unspecified atom stereocenters. The molecule has 2 heteroatoms. The summed E-state index contributed by atoms with van der Waals surface area (Å²) in [6.07, 6.45) is 0. The van der Waals surface area contributed by atoms with E-state index < -0.39 is 77.9 Å². The van der Waals surface area contributed by atoms with E-state index in [4.69, 9.17) is 13.7 Å². The fourth-order valence-electron chi connectivity index (χ4n) is 6.63. The monoisotopic (exact) mass is 668 g/mol. The molecule has 0 spiro atoms. The molecule has 1 heterocycles. The maximum atomic E-state index is 10.1. The highest BCUT2D eigenvalue weighted by Gasteiger charge is 2.19. The van der Waals surface area contributed by atoms with E-state index >= 15 is 0 Å². The lowest BCUT2D eigenvalue weighted by molar-refractivity contribution is 1.29. The fourth-order valence-corrected chi connectivity index (χ4v) is 7.76. The van der Waals surface area contributed by atoms with Crippen LogP contribution in [0.4, 0.5) is 17.1 Å². The SMILES string of the molecule is [2H]c1c(N(c2ccccc2)c2ccc(-c3cccc4ccccc34)cc2)c([2H])c2c(sc3c4c([2H])c([2H])c([2H])c([2H])c4c([2H])c(-c4c([2H])c([2H])c([2H])c5c([2H])c([2H])c([2H])c([2H])c45)c32)c1[2H]. The third kappa shape index (κ3) is 4.69. The minimum atomic E-state index is -0.719. The van der Waals surface area contributed by atoms with Crippen molar-refractivity contribution in [2.24, 2.45) is 0 Å². The number of hydrogen-bond acceptors (Lipinski definition) is 2. The van der Waals surface area contributed by atoms with E-state index in [0.717, 1.165) is 33.2 Å². The van der Waals surface area contributed by atoms with Gasteiger partial charge in [0.15, 0.2) is 0 Å². The Balaban J connectivity index is 1.37. The minimum absolute atomic E-state index is 0.0121. The van der Waals surface area contributed by atoms with Gasteiger partial charge in [0.25, 0.3) is 0 Å². The highest BCUT2D eigenvalue weighted by atomic mass is 32.1. The average Bonchev–Trinajstić information content (AvgIpc) is 3.72. The molecule has 50 heavy (non-hydrogen) atoms. The van der Waals surface area contributed by atoms with Gasteiger partial charge in [0, 0.05) is 37.2 Å². The number of benzene rings is 9. The summed E-state index contributed by atoms with van der Waals surface area (Å²) < 4.78 is 137. The van der Waals surface area contributed by atoms with Gasteiger partial charge in [0.1, 0.15) is 0 Å². The first-order valence-corrected chi connectivity index (χ1v) is 16.7. The van der Waals surface area contributed by atoms with Crippen molar-refractivity contribution in [2.75, 3.05) is 4.90 Å². The van der Waals surface area contributed by atoms with Crippen molar-refractivity contribution in [3.63, 3.8) is 0 Å². The third-order valence-electron chi connectivity index (χ3n) is 8.89. The van der Waals surface area contributed by atoms with E-state index in [-0.39, 0.29) is 71.3 Å². The summed E-state index contributed by atoms with van der Waals surface area (Å²) in [5, 5.41) is 0.915. The van der Waals surface area contributed by atoms with E-state index in [0.29, 0.717) is 11.4 Å². The zero-order chi connectivity index (χ0) is 46.1. The number of para-hydroxylation sites is 1. The molecule has 0 N–H and O–H groups in total. The number of nitrogens with zero attached hydrogens (tertiary/aromatic N) is 1. The Morgan fingerprint density at radius 2 is 1.14 bits per heavy atom. The zero-order valence-electron chi connectivity index (χ0n) is 41.1. The van der Waals surface area contributed by atoms with Crippen LogP contribution < -0.4 is 4.90 Å². The Bertz CT molecular complexity index is 3710. The van der Waals surface area contributed by atoms with Crippen LogP contribution in [-0.4, -0.2) is 0 Å². The lowest BCUT2D eigenvalue weighted by Crippen LogP contribution is -2.09. The Morgan fingerprint density at radius 3 is 2.02 bits per heavy atom. The molecular weight excluding hydrogens is 623 g/mol. The smallest absolute Gasteiger partial charge is 0.0652 e. The van der Waals surface area contributed by atoms with Gasteiger partial charge in [0.05, 0.1) is 20.6 Å². The second-order valence-corrected chi connectivity index (χ2v) is 12.7. The molecule has 0 atom stereocenters. The van der Waals surface area contributed by atoms with E-state index in [1.807, 2.05) is 72.8 Å². The largest absolute Gasteiger partial charge is 0.310 e. The number of rotatable bonds is 5. The van der Waals surface area contributed by atoms with E-state index in [1.54, 1.807) is 29.2 Å². The van der Waals surface area contributed by atoms with Crippen molar-refractivity contribution in [1.82, 2.24) is 0 Å². The van der Waals surface area contributed by atoms with Crippen molar-refractivity contribution in [1.29, 1.82) is 0 Å². The molecule has 0 saturated heterocycles. The van der Waals surface area contributed by atoms with Crippen LogP contribution in [0.5, 0.6) is 0 Å². The number of hydrogen-bond donors (Lipinski definition) is 0. The predicted molar refractivity (Wildman–Crippen MR) is 217 cm³/mol. The van der Waals surface area contributed by atoms with Gasteiger partial charge < -0.3 is 4.90 Å². The number of thiophene rings is 1. The van der Waals surface area contributed by atoms with Gasteiger partial charge in [-0.3, -0.25) is 0 Å². The van der Waals surface area contributed by atoms with Crippen LogP contribution in [0.2, 0.25) is 0 Å². The highest BCUT2D eigenvalue weighted by Crippen LogP contribution is 2.47. The molecule has 10 rings (SSSR count). The summed E-state index contributed by atoms with van der Waals surface area (Å²) in [6.45, 7) is 0. The Hall–Kier alpha value is -6.22. The van der Waals surface area contributed by atoms with E-state index in [1.165, 1.54) is 0 Å². The van der Waals surface area contributed by atoms with Gasteiger partial charge >= 0.3 is 0 Å². The Kier molecular flexibility index (Phi) is 4.09. The minimum Gasteiger partial charge on any atom is -0.310 e. The van der Waals surface area contributed by atoms with Crippen molar-refractivity contribution in [3.8, 4) is 22.3 Å². The van der Waals surface area contributed by atoms with Gasteiger partial charge in [-0.1, -0.05) is 139 Å². The van der Waals surface area contributed by atoms with Crippen molar-refractivity contribution in [2.45, 2.75) is 0 Å². The van der Waals surface area contributed by atoms with E-state index in [2.05, 4.69) is 0 Å². The Morgan fingerprint density at radius 1 is 0.420 bits per heavy atom. The summed E-state index contributed by atoms with van der Waals surface area (Å²) in [4.78, 5) is 1.67. The summed E-state index contributed by atoms with van der Waals surface area (Å²) in [7, 11) is 0. The summed E-state index contributed by atoms with van der Waals surface area (Å²) in [5.41, 5.74) is 2.27. The second-order valence-electron chi connectivity index (χ2n) is 11.7. The lowest BCUT2D eigenvalue weighted by atomic mass is 9.92. The van der Waals surface area contributed by atoms with Crippen LogP contribution in [0.15, 0.2) is 188 Å². The molecular formula is C48H31NS. The van der Waals surface area contributed by atoms with Gasteiger partial charge in [-0.15, -0.1) is 11.3 Å². The van der Waals surface area contributed by atoms with Crippen LogP contribution >= 0.6 is 11.3 Å². The molecule has 0 aliphatic rings. The van der Waals surface area contributed by atoms with Gasteiger partial charge in [-0.2, -0.15) is 0 Å². The number of fused-ring (bicyclic) bond motifs is 7. The summed E-state index contributed by atoms with van der Waals surface area (Å²) in [5.74, 6) is 0. The van der Waals surface area contributed by atoms with Gasteiger partial charge in [0.2, 0.25) is 0 Å². The number of anilines is 3. The fraction of sp³-hybridized carbons (Fsp3) is 0. The van der Waals surface area contributed by atoms with Crippen LogP contribution in [0, 0.1) is 0 Å². The third-order valence-corrected chi connectivity index (χ3v) is 10.0. The molecule has 0 radical (unpaired) electrons. The molecule has 0 fully saturated rings. The van der Waals surface area contributed by atoms with Gasteiger partial charge in [-0.25, -0.2) is 0 Å². The van der Waals surface area contributed by atoms with Crippen LogP contribution in [0.25, 0.3) is 74.7 Å². The molecule has 0 saturated carbocycles. The van der Waals surface area contributed by atoms with Crippen molar-refractivity contribution < 1.29 is 20.6 Å². The average molecular weight is 669 g/mol. The molecule has 0 bridgehead atoms. The van der Waals surface area contributed by atoms with Crippen LogP contribution in [0.3, 0.4) is 0 Å². The molecule has 0 aliphatic carbocycles. The first-order valence-electron chi connectivity index (χ1n) is 23.4. The molecule has 1 nitrogen and oxygen atoms in total. The second kappa shape index (κ2) is 11.7. The molecule has 0 aliphatic heterocycles. The first kappa shape index (κ1) is 17.4. The summed E-state index contributed by atoms with van der Waals surface area (Å²) >= 11 is 0.872. The maximum absolute atomic E-state index is 10.1. The molecule has 10 aromatic rings. The van der Waals surface area contributed by atoms with Gasteiger partial charge in [-0.05, 0) is 103 Å². The molecule has 0 amide bonds. The quantitative estimate of drug-likeness (QED) is 0.176. The lowest BCUT2D eigenvalue weighted by Gasteiger charge is -2.26. The highest BCUT2D eigenvalue weighted by molar-refractivity contribution is 7.26. The van der Waals surface area contributed by atoms with Crippen molar-refractivity contribution in [3.05, 3.63) is 188 Å². The standard InChI is InChI=1S/C48H31NS/c1-2-17-36(18-3-1)49(37-26-24-34(25-27-37)40-22-10-15-32-12-4-7-19-39(32)40)38-28-29-46-45(31-38)47-44(30-35-14-6-9-21-42(35)48(47)50-46)43-23-11-16-33-13-5-8-20-41(33)43/h1-31H/i5D,6D,8D,9D,11D,13D,14D,16D,20D,21D,23D,28D,29D,30D,31D. The van der Waals surface area contributed by atoms with Crippen molar-refractivity contribution >= 4 is 80.9 Å². The first-order chi connectivity index (χ1) is 31.1.